The minimum Gasteiger partial charge on any atom is -0.394 e. The quantitative estimate of drug-likeness (QED) is 0.575. The summed E-state index contributed by atoms with van der Waals surface area (Å²) in [6, 6.07) is 9.88. The molecule has 1 saturated heterocycles. The molecule has 8 nitrogen and oxygen atoms in total. The van der Waals surface area contributed by atoms with Crippen molar-refractivity contribution in [3.8, 4) is 0 Å². The minimum atomic E-state index is -1.20. The molecule has 9 heteroatoms. The normalized spacial score (nSPS) is 25.8. The zero-order valence-electron chi connectivity index (χ0n) is 13.7. The molecule has 4 atom stereocenters. The van der Waals surface area contributed by atoms with E-state index in [0.29, 0.717) is 22.3 Å². The average molecular weight is 374 g/mol. The van der Waals surface area contributed by atoms with Crippen molar-refractivity contribution in [3.05, 3.63) is 53.2 Å². The highest BCUT2D eigenvalue weighted by Gasteiger charge is 2.43. The second kappa shape index (κ2) is 6.86. The number of ether oxygens (including phenoxy) is 1. The number of aliphatic hydroxyl groups excluding tert-OH is 3. The lowest BCUT2D eigenvalue weighted by Crippen LogP contribution is -2.33. The summed E-state index contributed by atoms with van der Waals surface area (Å²) in [5.74, 6) is 0. The van der Waals surface area contributed by atoms with E-state index in [9.17, 15) is 15.3 Å². The van der Waals surface area contributed by atoms with Gasteiger partial charge in [0.05, 0.1) is 19.3 Å². The van der Waals surface area contributed by atoms with E-state index in [1.165, 1.54) is 10.9 Å². The van der Waals surface area contributed by atoms with Gasteiger partial charge in [-0.05, 0) is 5.56 Å². The molecule has 0 saturated carbocycles. The van der Waals surface area contributed by atoms with Crippen molar-refractivity contribution in [2.75, 3.05) is 6.61 Å². The molecule has 0 aliphatic carbocycles. The fraction of sp³-hybridized carbons (Fsp3) is 0.353. The number of fused-ring (bicyclic) bond motifs is 1. The second-order valence-electron chi connectivity index (χ2n) is 6.22. The van der Waals surface area contributed by atoms with Crippen LogP contribution in [0.1, 0.15) is 11.8 Å². The summed E-state index contributed by atoms with van der Waals surface area (Å²) in [6.45, 7) is 0.182. The van der Waals surface area contributed by atoms with E-state index in [0.717, 1.165) is 5.56 Å². The Morgan fingerprint density at radius 3 is 2.54 bits per heavy atom. The fourth-order valence-electron chi connectivity index (χ4n) is 3.13. The van der Waals surface area contributed by atoms with E-state index in [1.807, 2.05) is 34.9 Å². The van der Waals surface area contributed by atoms with E-state index in [-0.39, 0.29) is 0 Å². The number of aliphatic hydroxyl groups is 3. The maximum atomic E-state index is 10.2. The van der Waals surface area contributed by atoms with E-state index >= 15 is 0 Å². The first kappa shape index (κ1) is 17.3. The van der Waals surface area contributed by atoms with Crippen molar-refractivity contribution >= 4 is 23.4 Å². The van der Waals surface area contributed by atoms with Gasteiger partial charge in [0.25, 0.3) is 0 Å². The molecule has 1 fully saturated rings. The predicted octanol–water partition coefficient (Wildman–Crippen LogP) is 0.622. The van der Waals surface area contributed by atoms with Crippen molar-refractivity contribution in [3.63, 3.8) is 0 Å². The maximum Gasteiger partial charge on any atom is 0.166 e. The highest BCUT2D eigenvalue weighted by molar-refractivity contribution is 7.71. The van der Waals surface area contributed by atoms with Gasteiger partial charge >= 0.3 is 0 Å². The molecule has 0 spiro atoms. The van der Waals surface area contributed by atoms with Crippen LogP contribution in [0.25, 0.3) is 11.2 Å². The molecule has 3 heterocycles. The van der Waals surface area contributed by atoms with E-state index < -0.39 is 31.1 Å². The fourth-order valence-corrected chi connectivity index (χ4v) is 3.39. The molecule has 136 valence electrons. The molecule has 0 bridgehead atoms. The zero-order valence-corrected chi connectivity index (χ0v) is 14.5. The lowest BCUT2D eigenvalue weighted by Gasteiger charge is -2.16. The van der Waals surface area contributed by atoms with Gasteiger partial charge in [-0.2, -0.15) is 0 Å². The van der Waals surface area contributed by atoms with Crippen LogP contribution in [0.5, 0.6) is 0 Å². The Hall–Kier alpha value is -2.17. The highest BCUT2D eigenvalue weighted by Crippen LogP contribution is 2.31. The SMILES string of the molecule is OC[C@H]1O[C@@H](n2cnc3c(=S)n(Cc4ccccc4)cnc32)[C@H](O)[C@@H]1O. The van der Waals surface area contributed by atoms with Crippen LogP contribution in [0, 0.1) is 4.64 Å². The van der Waals surface area contributed by atoms with Crippen molar-refractivity contribution in [2.45, 2.75) is 31.1 Å². The Morgan fingerprint density at radius 1 is 1.08 bits per heavy atom. The second-order valence-corrected chi connectivity index (χ2v) is 6.60. The first-order valence-electron chi connectivity index (χ1n) is 8.18. The largest absolute Gasteiger partial charge is 0.394 e. The van der Waals surface area contributed by atoms with Crippen LogP contribution in [-0.2, 0) is 11.3 Å². The molecule has 1 aromatic carbocycles. The van der Waals surface area contributed by atoms with Gasteiger partial charge in [-0.1, -0.05) is 42.5 Å². The molecule has 0 unspecified atom stereocenters. The van der Waals surface area contributed by atoms with Crippen LogP contribution >= 0.6 is 12.2 Å². The Balaban J connectivity index is 1.70. The van der Waals surface area contributed by atoms with E-state index in [4.69, 9.17) is 17.0 Å². The molecule has 4 rings (SSSR count). The Labute approximate surface area is 153 Å². The lowest BCUT2D eigenvalue weighted by atomic mass is 10.1. The van der Waals surface area contributed by atoms with Gasteiger partial charge in [0, 0.05) is 6.54 Å². The number of benzene rings is 1. The minimum absolute atomic E-state index is 0.391. The van der Waals surface area contributed by atoms with Crippen LogP contribution in [0.3, 0.4) is 0 Å². The van der Waals surface area contributed by atoms with Gasteiger partial charge in [0.1, 0.15) is 28.5 Å². The van der Waals surface area contributed by atoms with Crippen LogP contribution < -0.4 is 0 Å². The van der Waals surface area contributed by atoms with Crippen LogP contribution in [0.15, 0.2) is 43.0 Å². The Bertz CT molecular complexity index is 974. The van der Waals surface area contributed by atoms with E-state index in [1.54, 1.807) is 6.33 Å². The van der Waals surface area contributed by atoms with Crippen molar-refractivity contribution in [2.24, 2.45) is 0 Å². The molecule has 2 aromatic heterocycles. The predicted molar refractivity (Wildman–Crippen MR) is 94.9 cm³/mol. The summed E-state index contributed by atoms with van der Waals surface area (Å²) >= 11 is 5.53. The standard InChI is InChI=1S/C17H18N4O4S/c22-7-11-13(23)14(24)16(25-11)21-9-18-12-15(21)19-8-20(17(12)26)6-10-4-2-1-3-5-10/h1-5,8-9,11,13-14,16,22-24H,6-7H2/t11-,13-,14-,16-/m1/s1. The first-order valence-corrected chi connectivity index (χ1v) is 8.59. The smallest absolute Gasteiger partial charge is 0.166 e. The van der Waals surface area contributed by atoms with Gasteiger partial charge in [-0.3, -0.25) is 4.57 Å². The van der Waals surface area contributed by atoms with E-state index in [2.05, 4.69) is 9.97 Å². The summed E-state index contributed by atoms with van der Waals surface area (Å²) in [6.07, 6.45) is -1.03. The van der Waals surface area contributed by atoms with Crippen LogP contribution in [0.4, 0.5) is 0 Å². The monoisotopic (exact) mass is 374 g/mol. The van der Waals surface area contributed by atoms with Gasteiger partial charge in [-0.15, -0.1) is 0 Å². The van der Waals surface area contributed by atoms with Crippen molar-refractivity contribution in [1.82, 2.24) is 19.1 Å². The number of hydrogen-bond donors (Lipinski definition) is 3. The third kappa shape index (κ3) is 2.83. The van der Waals surface area contributed by atoms with Gasteiger partial charge in [0.15, 0.2) is 11.9 Å². The maximum absolute atomic E-state index is 10.2. The van der Waals surface area contributed by atoms with Crippen molar-refractivity contribution in [1.29, 1.82) is 0 Å². The summed E-state index contributed by atoms with van der Waals surface area (Å²) in [4.78, 5) is 8.73. The van der Waals surface area contributed by atoms with Gasteiger partial charge in [0.2, 0.25) is 0 Å². The highest BCUT2D eigenvalue weighted by atomic mass is 32.1. The van der Waals surface area contributed by atoms with Gasteiger partial charge < -0.3 is 24.6 Å². The molecular weight excluding hydrogens is 356 g/mol. The summed E-state index contributed by atoms with van der Waals surface area (Å²) < 4.78 is 9.41. The summed E-state index contributed by atoms with van der Waals surface area (Å²) in [7, 11) is 0. The third-order valence-corrected chi connectivity index (χ3v) is 4.97. The molecule has 1 aliphatic heterocycles. The number of rotatable bonds is 4. The number of hydrogen-bond acceptors (Lipinski definition) is 7. The average Bonchev–Trinajstić information content (AvgIpc) is 3.20. The number of aromatic nitrogens is 4. The molecule has 3 aromatic rings. The molecule has 1 aliphatic rings. The number of imidazole rings is 1. The molecule has 0 amide bonds. The lowest BCUT2D eigenvalue weighted by molar-refractivity contribution is -0.0511. The summed E-state index contributed by atoms with van der Waals surface area (Å²) in [5, 5.41) is 29.4. The molecule has 3 N–H and O–H groups in total. The zero-order chi connectivity index (χ0) is 18.3. The molecule has 26 heavy (non-hydrogen) atoms. The Morgan fingerprint density at radius 2 is 1.85 bits per heavy atom. The van der Waals surface area contributed by atoms with Crippen LogP contribution in [-0.4, -0.2) is 59.3 Å². The number of nitrogens with zero attached hydrogens (tertiary/aromatic N) is 4. The van der Waals surface area contributed by atoms with Gasteiger partial charge in [-0.25, -0.2) is 9.97 Å². The topological polar surface area (TPSA) is 106 Å². The Kier molecular flexibility index (Phi) is 4.55. The third-order valence-electron chi connectivity index (χ3n) is 4.54. The van der Waals surface area contributed by atoms with Crippen LogP contribution in [0.2, 0.25) is 0 Å². The molecular formula is C17H18N4O4S. The molecule has 0 radical (unpaired) electrons. The first-order chi connectivity index (χ1) is 12.6. The van der Waals surface area contributed by atoms with Crippen molar-refractivity contribution < 1.29 is 20.1 Å². The summed E-state index contributed by atoms with van der Waals surface area (Å²) in [5.41, 5.74) is 2.05.